The van der Waals surface area contributed by atoms with Crippen LogP contribution in [0.2, 0.25) is 0 Å². The van der Waals surface area contributed by atoms with Gasteiger partial charge in [-0.3, -0.25) is 4.79 Å². The van der Waals surface area contributed by atoms with Crippen molar-refractivity contribution < 1.29 is 23.2 Å². The predicted octanol–water partition coefficient (Wildman–Crippen LogP) is 2.82. The Labute approximate surface area is 195 Å². The summed E-state index contributed by atoms with van der Waals surface area (Å²) in [5.74, 6) is -0.343. The number of hydrogen-bond donors (Lipinski definition) is 1. The smallest absolute Gasteiger partial charge is 0.252 e. The normalized spacial score (nSPS) is 25.2. The minimum Gasteiger partial charge on any atom is -0.378 e. The molecule has 7 heteroatoms. The zero-order chi connectivity index (χ0) is 30.4. The van der Waals surface area contributed by atoms with Crippen LogP contribution in [0.1, 0.15) is 35.5 Å². The molecule has 0 radical (unpaired) electrons. The maximum Gasteiger partial charge on any atom is 0.252 e. The lowest BCUT2D eigenvalue weighted by molar-refractivity contribution is 0.0958. The van der Waals surface area contributed by atoms with Gasteiger partial charge in [0.25, 0.3) is 5.91 Å². The first-order chi connectivity index (χ1) is 18.9. The van der Waals surface area contributed by atoms with Gasteiger partial charge >= 0.3 is 0 Å². The number of anilines is 1. The number of nitriles is 1. The molecule has 0 saturated carbocycles. The van der Waals surface area contributed by atoms with Crippen molar-refractivity contribution >= 4 is 11.6 Å². The molecule has 1 amide bonds. The third kappa shape index (κ3) is 5.24. The summed E-state index contributed by atoms with van der Waals surface area (Å²) in [6.45, 7) is -14.9. The van der Waals surface area contributed by atoms with E-state index in [-0.39, 0.29) is 17.7 Å². The van der Waals surface area contributed by atoms with Gasteiger partial charge in [0.2, 0.25) is 0 Å². The Hall–Kier alpha value is -3.76. The number of ether oxygens (including phenoxy) is 1. The molecule has 1 saturated heterocycles. The molecule has 4 rings (SSSR count). The first-order valence-electron chi connectivity index (χ1n) is 14.2. The highest BCUT2D eigenvalue weighted by Crippen LogP contribution is 2.20. The van der Waals surface area contributed by atoms with Crippen LogP contribution in [0.15, 0.2) is 60.8 Å². The first-order valence-corrected chi connectivity index (χ1v) is 9.16. The Balaban J connectivity index is 1.53. The molecule has 0 atom stereocenters. The van der Waals surface area contributed by atoms with Crippen molar-refractivity contribution in [1.82, 2.24) is 15.3 Å². The van der Waals surface area contributed by atoms with E-state index in [0.29, 0.717) is 27.5 Å². The Morgan fingerprint density at radius 1 is 1.16 bits per heavy atom. The third-order valence-corrected chi connectivity index (χ3v) is 4.35. The number of rotatable bonds is 6. The van der Waals surface area contributed by atoms with Crippen molar-refractivity contribution in [3.05, 3.63) is 77.7 Å². The summed E-state index contributed by atoms with van der Waals surface area (Å²) in [7, 11) is 0. The Kier molecular flexibility index (Phi) is 3.67. The van der Waals surface area contributed by atoms with Crippen molar-refractivity contribution in [2.45, 2.75) is 6.42 Å². The summed E-state index contributed by atoms with van der Waals surface area (Å²) >= 11 is 0. The van der Waals surface area contributed by atoms with E-state index in [2.05, 4.69) is 14.7 Å². The van der Waals surface area contributed by atoms with Gasteiger partial charge in [-0.25, -0.2) is 9.97 Å². The fraction of sp³-hybridized carbons (Fsp3) is 0.250. The SMILES string of the molecule is [2H]C([2H])(C#N)NC(=O)c1ccc(-c2ccnc(Cc3ccc(N4C([2H])([2H])C([2H])([2H])OC([2H])([2H])C4([2H])[2H])cc3)n2)cc1. The molecule has 0 bridgehead atoms. The standard InChI is InChI=1S/C24H23N5O2/c25-10-12-27-24(30)20-5-3-19(4-6-20)22-9-11-26-23(28-22)17-18-1-7-21(8-2-18)29-13-15-31-16-14-29/h1-9,11H,12-17H2,(H,27,30)/i12D2,13D2,14D2,15D2,16D2. The average molecular weight is 424 g/mol. The number of benzene rings is 2. The Morgan fingerprint density at radius 2 is 1.90 bits per heavy atom. The van der Waals surface area contributed by atoms with E-state index in [1.54, 1.807) is 30.3 Å². The lowest BCUT2D eigenvalue weighted by atomic mass is 10.1. The van der Waals surface area contributed by atoms with Crippen LogP contribution < -0.4 is 10.2 Å². The molecule has 1 N–H and O–H groups in total. The summed E-state index contributed by atoms with van der Waals surface area (Å²) in [6.07, 6.45) is 1.76. The van der Waals surface area contributed by atoms with Gasteiger partial charge in [0.15, 0.2) is 0 Å². The van der Waals surface area contributed by atoms with Gasteiger partial charge in [-0.1, -0.05) is 24.3 Å². The average Bonchev–Trinajstić information content (AvgIpc) is 2.88. The Morgan fingerprint density at radius 3 is 2.61 bits per heavy atom. The van der Waals surface area contributed by atoms with Crippen molar-refractivity contribution in [1.29, 1.82) is 5.26 Å². The molecular formula is C24H23N5O2. The fourth-order valence-corrected chi connectivity index (χ4v) is 2.86. The van der Waals surface area contributed by atoms with E-state index in [1.807, 2.05) is 5.32 Å². The highest BCUT2D eigenvalue weighted by Gasteiger charge is 2.11. The number of aromatic nitrogens is 2. The van der Waals surface area contributed by atoms with Gasteiger partial charge in [-0.2, -0.15) is 5.26 Å². The van der Waals surface area contributed by atoms with E-state index < -0.39 is 38.5 Å². The second-order valence-electron chi connectivity index (χ2n) is 6.33. The van der Waals surface area contributed by atoms with E-state index >= 15 is 0 Å². The summed E-state index contributed by atoms with van der Waals surface area (Å²) in [5.41, 5.74) is 1.89. The number of morpholine rings is 1. The number of nitrogens with zero attached hydrogens (tertiary/aromatic N) is 4. The van der Waals surface area contributed by atoms with Crippen LogP contribution in [-0.2, 0) is 11.2 Å². The van der Waals surface area contributed by atoms with Crippen LogP contribution >= 0.6 is 0 Å². The van der Waals surface area contributed by atoms with Crippen LogP contribution in [0.3, 0.4) is 0 Å². The summed E-state index contributed by atoms with van der Waals surface area (Å²) < 4.78 is 83.5. The van der Waals surface area contributed by atoms with E-state index in [0.717, 1.165) is 0 Å². The highest BCUT2D eigenvalue weighted by atomic mass is 16.5. The Bertz CT molecular complexity index is 1470. The minimum absolute atomic E-state index is 0.0959. The number of hydrogen-bond acceptors (Lipinski definition) is 6. The van der Waals surface area contributed by atoms with Gasteiger partial charge in [-0.15, -0.1) is 0 Å². The maximum atomic E-state index is 12.2. The zero-order valence-corrected chi connectivity index (χ0v) is 16.1. The molecule has 0 unspecified atom stereocenters. The van der Waals surface area contributed by atoms with Gasteiger partial charge in [0, 0.05) is 42.4 Å². The molecule has 1 aliphatic heterocycles. The predicted molar refractivity (Wildman–Crippen MR) is 118 cm³/mol. The fourth-order valence-electron chi connectivity index (χ4n) is 2.86. The molecule has 7 nitrogen and oxygen atoms in total. The number of nitrogens with one attached hydrogen (secondary N) is 1. The molecule has 31 heavy (non-hydrogen) atoms. The highest BCUT2D eigenvalue weighted by molar-refractivity contribution is 5.94. The maximum absolute atomic E-state index is 12.2. The summed E-state index contributed by atoms with van der Waals surface area (Å²) in [5, 5.41) is 10.7. The van der Waals surface area contributed by atoms with Crippen LogP contribution in [0.4, 0.5) is 5.69 Å². The van der Waals surface area contributed by atoms with Crippen molar-refractivity contribution in [2.75, 3.05) is 37.5 Å². The van der Waals surface area contributed by atoms with E-state index in [4.69, 9.17) is 19.0 Å². The van der Waals surface area contributed by atoms with Gasteiger partial charge < -0.3 is 15.0 Å². The van der Waals surface area contributed by atoms with E-state index in [9.17, 15) is 4.79 Å². The molecule has 1 aliphatic rings. The first kappa shape index (κ1) is 11.6. The molecule has 0 aliphatic carbocycles. The molecule has 1 fully saturated rings. The van der Waals surface area contributed by atoms with Crippen LogP contribution in [0, 0.1) is 11.3 Å². The van der Waals surface area contributed by atoms with Crippen LogP contribution in [0.25, 0.3) is 11.3 Å². The lowest BCUT2D eigenvalue weighted by Gasteiger charge is -2.28. The molecule has 1 aromatic heterocycles. The van der Waals surface area contributed by atoms with Crippen molar-refractivity contribution in [3.8, 4) is 17.3 Å². The topological polar surface area (TPSA) is 91.1 Å². The van der Waals surface area contributed by atoms with Gasteiger partial charge in [0.1, 0.15) is 12.3 Å². The third-order valence-electron chi connectivity index (χ3n) is 4.35. The summed E-state index contributed by atoms with van der Waals surface area (Å²) in [4.78, 5) is 21.4. The van der Waals surface area contributed by atoms with Gasteiger partial charge in [-0.05, 0) is 35.9 Å². The van der Waals surface area contributed by atoms with E-state index in [1.165, 1.54) is 36.5 Å². The molecule has 3 aromatic rings. The number of carbonyl (C=O) groups excluding carboxylic acids is 1. The van der Waals surface area contributed by atoms with Gasteiger partial charge in [0.05, 0.1) is 38.6 Å². The minimum atomic E-state index is -3.15. The molecule has 156 valence electrons. The van der Waals surface area contributed by atoms with Crippen molar-refractivity contribution in [2.24, 2.45) is 0 Å². The lowest BCUT2D eigenvalue weighted by Crippen LogP contribution is -2.36. The number of amides is 1. The van der Waals surface area contributed by atoms with Crippen LogP contribution in [0.5, 0.6) is 0 Å². The quantitative estimate of drug-likeness (QED) is 0.613. The molecule has 2 heterocycles. The van der Waals surface area contributed by atoms with Crippen LogP contribution in [-0.4, -0.2) is 48.5 Å². The largest absolute Gasteiger partial charge is 0.378 e. The summed E-state index contributed by atoms with van der Waals surface area (Å²) in [6, 6.07) is 15.0. The molecular weight excluding hydrogens is 390 g/mol. The molecule has 2 aromatic carbocycles. The number of carbonyl (C=O) groups is 1. The molecule has 0 spiro atoms. The monoisotopic (exact) mass is 423 g/mol. The second-order valence-corrected chi connectivity index (χ2v) is 6.33. The zero-order valence-electron chi connectivity index (χ0n) is 26.1. The second kappa shape index (κ2) is 9.83. The van der Waals surface area contributed by atoms with Crippen molar-refractivity contribution in [3.63, 3.8) is 0 Å².